The third-order valence-electron chi connectivity index (χ3n) is 2.08. The van der Waals surface area contributed by atoms with E-state index in [0.29, 0.717) is 5.92 Å². The number of ketones is 1. The minimum absolute atomic E-state index is 0.234. The topological polar surface area (TPSA) is 17.1 Å². The van der Waals surface area contributed by atoms with Gasteiger partial charge in [0.25, 0.3) is 0 Å². The van der Waals surface area contributed by atoms with E-state index < -0.39 is 0 Å². The van der Waals surface area contributed by atoms with E-state index in [1.165, 1.54) is 0 Å². The van der Waals surface area contributed by atoms with Crippen LogP contribution < -0.4 is 0 Å². The summed E-state index contributed by atoms with van der Waals surface area (Å²) in [6, 6.07) is 0. The average Bonchev–Trinajstić information content (AvgIpc) is 1.99. The summed E-state index contributed by atoms with van der Waals surface area (Å²) in [5.41, 5.74) is 1.01. The Bertz CT molecular complexity index is 168. The number of rotatable bonds is 5. The lowest BCUT2D eigenvalue weighted by Crippen LogP contribution is -2.07. The predicted octanol–water partition coefficient (Wildman–Crippen LogP) is 3.35. The van der Waals surface area contributed by atoms with Crippen LogP contribution in [0.2, 0.25) is 0 Å². The van der Waals surface area contributed by atoms with Crippen molar-refractivity contribution < 1.29 is 4.79 Å². The van der Waals surface area contributed by atoms with Crippen LogP contribution in [0.5, 0.6) is 0 Å². The fourth-order valence-corrected chi connectivity index (χ4v) is 1.50. The van der Waals surface area contributed by atoms with Crippen molar-refractivity contribution >= 4 is 5.78 Å². The maximum atomic E-state index is 11.2. The zero-order valence-electron chi connectivity index (χ0n) is 8.68. The average molecular weight is 168 g/mol. The molecule has 0 bridgehead atoms. The normalized spacial score (nSPS) is 14.5. The van der Waals surface area contributed by atoms with Gasteiger partial charge in [0, 0.05) is 0 Å². The Kier molecular flexibility index (Phi) is 5.69. The van der Waals surface area contributed by atoms with E-state index in [-0.39, 0.29) is 5.78 Å². The molecule has 70 valence electrons. The third kappa shape index (κ3) is 3.70. The molecule has 1 unspecified atom stereocenters. The highest BCUT2D eigenvalue weighted by molar-refractivity contribution is 5.93. The van der Waals surface area contributed by atoms with Crippen molar-refractivity contribution in [1.29, 1.82) is 0 Å². The molecule has 0 aromatic rings. The Morgan fingerprint density at radius 2 is 2.00 bits per heavy atom. The second-order valence-corrected chi connectivity index (χ2v) is 3.31. The summed E-state index contributed by atoms with van der Waals surface area (Å²) in [6.45, 7) is 8.02. The first kappa shape index (κ1) is 11.4. The van der Waals surface area contributed by atoms with Gasteiger partial charge in [0.15, 0.2) is 5.78 Å². The summed E-state index contributed by atoms with van der Waals surface area (Å²) < 4.78 is 0. The molecule has 1 atom stereocenters. The van der Waals surface area contributed by atoms with E-state index in [2.05, 4.69) is 26.8 Å². The largest absolute Gasteiger partial charge is 0.295 e. The molecule has 0 N–H and O–H groups in total. The summed E-state index contributed by atoms with van der Waals surface area (Å²) in [6.07, 6.45) is 5.28. The molecule has 0 saturated heterocycles. The van der Waals surface area contributed by atoms with Gasteiger partial charge in [-0.1, -0.05) is 33.3 Å². The Morgan fingerprint density at radius 1 is 1.42 bits per heavy atom. The van der Waals surface area contributed by atoms with Gasteiger partial charge >= 0.3 is 0 Å². The number of hydrogen-bond acceptors (Lipinski definition) is 1. The molecule has 0 aliphatic carbocycles. The summed E-state index contributed by atoms with van der Waals surface area (Å²) in [4.78, 5) is 11.2. The van der Waals surface area contributed by atoms with Gasteiger partial charge in [0.05, 0.1) is 0 Å². The number of carbonyl (C=O) groups is 1. The molecule has 0 spiro atoms. The van der Waals surface area contributed by atoms with E-state index in [9.17, 15) is 4.79 Å². The van der Waals surface area contributed by atoms with Crippen LogP contribution in [0.15, 0.2) is 11.6 Å². The molecule has 0 radical (unpaired) electrons. The van der Waals surface area contributed by atoms with Crippen molar-refractivity contribution in [2.75, 3.05) is 0 Å². The maximum Gasteiger partial charge on any atom is 0.155 e. The van der Waals surface area contributed by atoms with E-state index in [0.717, 1.165) is 24.8 Å². The van der Waals surface area contributed by atoms with Crippen LogP contribution in [0, 0.1) is 5.92 Å². The van der Waals surface area contributed by atoms with Gasteiger partial charge in [-0.25, -0.2) is 0 Å². The SMILES string of the molecule is CC/C=C(/C(C)=O)C(C)CCC. The van der Waals surface area contributed by atoms with Crippen LogP contribution in [0.1, 0.15) is 47.0 Å². The summed E-state index contributed by atoms with van der Waals surface area (Å²) in [5, 5.41) is 0. The van der Waals surface area contributed by atoms with Crippen molar-refractivity contribution in [1.82, 2.24) is 0 Å². The fraction of sp³-hybridized carbons (Fsp3) is 0.727. The quantitative estimate of drug-likeness (QED) is 0.575. The highest BCUT2D eigenvalue weighted by Gasteiger charge is 2.10. The highest BCUT2D eigenvalue weighted by Crippen LogP contribution is 2.17. The Morgan fingerprint density at radius 3 is 2.33 bits per heavy atom. The summed E-state index contributed by atoms with van der Waals surface area (Å²) in [7, 11) is 0. The number of hydrogen-bond donors (Lipinski definition) is 0. The maximum absolute atomic E-state index is 11.2. The zero-order valence-corrected chi connectivity index (χ0v) is 8.68. The molecular formula is C11H20O. The van der Waals surface area contributed by atoms with Gasteiger partial charge in [-0.15, -0.1) is 0 Å². The van der Waals surface area contributed by atoms with E-state index in [1.807, 2.05) is 0 Å². The highest BCUT2D eigenvalue weighted by atomic mass is 16.1. The van der Waals surface area contributed by atoms with E-state index in [4.69, 9.17) is 0 Å². The first-order valence-electron chi connectivity index (χ1n) is 4.84. The third-order valence-corrected chi connectivity index (χ3v) is 2.08. The molecule has 0 aliphatic heterocycles. The van der Waals surface area contributed by atoms with Gasteiger partial charge in [0.1, 0.15) is 0 Å². The standard InChI is InChI=1S/C11H20O/c1-5-7-9(3)11(8-6-2)10(4)12/h8-9H,5-7H2,1-4H3/b11-8+. The van der Waals surface area contributed by atoms with Crippen LogP contribution in [0.4, 0.5) is 0 Å². The molecule has 1 heteroatoms. The Hall–Kier alpha value is -0.590. The van der Waals surface area contributed by atoms with Crippen LogP contribution in [0.3, 0.4) is 0 Å². The molecule has 0 aromatic carbocycles. The fourth-order valence-electron chi connectivity index (χ4n) is 1.50. The second-order valence-electron chi connectivity index (χ2n) is 3.31. The molecule has 0 saturated carbocycles. The summed E-state index contributed by atoms with van der Waals surface area (Å²) >= 11 is 0. The van der Waals surface area contributed by atoms with Gasteiger partial charge in [0.2, 0.25) is 0 Å². The van der Waals surface area contributed by atoms with Gasteiger partial charge in [-0.05, 0) is 31.3 Å². The van der Waals surface area contributed by atoms with Gasteiger partial charge in [-0.2, -0.15) is 0 Å². The lowest BCUT2D eigenvalue weighted by atomic mass is 9.93. The molecule has 12 heavy (non-hydrogen) atoms. The summed E-state index contributed by atoms with van der Waals surface area (Å²) in [5.74, 6) is 0.672. The first-order valence-corrected chi connectivity index (χ1v) is 4.84. The van der Waals surface area contributed by atoms with Crippen LogP contribution >= 0.6 is 0 Å². The number of carbonyl (C=O) groups excluding carboxylic acids is 1. The Labute approximate surface area is 75.9 Å². The molecule has 1 nitrogen and oxygen atoms in total. The molecule has 0 fully saturated rings. The van der Waals surface area contributed by atoms with Crippen molar-refractivity contribution in [3.8, 4) is 0 Å². The second kappa shape index (κ2) is 5.99. The minimum atomic E-state index is 0.234. The molecule has 0 aromatic heterocycles. The first-order chi connectivity index (χ1) is 5.63. The van der Waals surface area contributed by atoms with E-state index >= 15 is 0 Å². The van der Waals surface area contributed by atoms with Crippen LogP contribution in [-0.2, 0) is 4.79 Å². The lowest BCUT2D eigenvalue weighted by Gasteiger charge is -2.11. The molecule has 0 heterocycles. The van der Waals surface area contributed by atoms with Crippen molar-refractivity contribution in [3.63, 3.8) is 0 Å². The van der Waals surface area contributed by atoms with Gasteiger partial charge < -0.3 is 0 Å². The number of allylic oxidation sites excluding steroid dienone is 2. The van der Waals surface area contributed by atoms with Crippen LogP contribution in [-0.4, -0.2) is 5.78 Å². The Balaban J connectivity index is 4.30. The van der Waals surface area contributed by atoms with Crippen LogP contribution in [0.25, 0.3) is 0 Å². The molecule has 0 rings (SSSR count). The minimum Gasteiger partial charge on any atom is -0.295 e. The van der Waals surface area contributed by atoms with Crippen molar-refractivity contribution in [3.05, 3.63) is 11.6 Å². The monoisotopic (exact) mass is 168 g/mol. The molecule has 0 aliphatic rings. The zero-order chi connectivity index (χ0) is 9.56. The van der Waals surface area contributed by atoms with E-state index in [1.54, 1.807) is 6.92 Å². The number of Topliss-reactive ketones (excluding diaryl/α,β-unsaturated/α-hetero) is 1. The van der Waals surface area contributed by atoms with Crippen molar-refractivity contribution in [2.24, 2.45) is 5.92 Å². The molecule has 0 amide bonds. The smallest absolute Gasteiger partial charge is 0.155 e. The van der Waals surface area contributed by atoms with Gasteiger partial charge in [-0.3, -0.25) is 4.79 Å². The predicted molar refractivity (Wildman–Crippen MR) is 53.1 cm³/mol. The lowest BCUT2D eigenvalue weighted by molar-refractivity contribution is -0.114. The molecular weight excluding hydrogens is 148 g/mol. The van der Waals surface area contributed by atoms with Crippen molar-refractivity contribution in [2.45, 2.75) is 47.0 Å².